The van der Waals surface area contributed by atoms with Crippen LogP contribution >= 0.6 is 0 Å². The summed E-state index contributed by atoms with van der Waals surface area (Å²) in [5, 5.41) is 5.01. The molecule has 13 aromatic rings. The number of para-hydroxylation sites is 2. The smallest absolute Gasteiger partial charge is 0.0714 e. The SMILES string of the molecule is c1ccc(-c2ccc(N(c3ccc(-c4cccc(-c5ccc6c(c5)c5ccccc5n6-c5ccccc5)c4)cc3)c3ccc4c(c3)C(c3ccccc3)(c3ccccc3)c3ccc5ccccc5c3-4)cc2)cc1. The Morgan fingerprint density at radius 1 is 0.288 bits per heavy atom. The van der Waals surface area contributed by atoms with Crippen molar-refractivity contribution in [1.82, 2.24) is 4.57 Å². The van der Waals surface area contributed by atoms with E-state index >= 15 is 0 Å². The summed E-state index contributed by atoms with van der Waals surface area (Å²) in [7, 11) is 0. The van der Waals surface area contributed by atoms with Crippen LogP contribution in [0.1, 0.15) is 22.3 Å². The zero-order chi connectivity index (χ0) is 48.3. The van der Waals surface area contributed by atoms with Crippen LogP contribution in [0.3, 0.4) is 0 Å². The molecule has 0 bridgehead atoms. The molecule has 2 heteroatoms. The van der Waals surface area contributed by atoms with Crippen LogP contribution in [0, 0.1) is 0 Å². The molecule has 0 spiro atoms. The van der Waals surface area contributed by atoms with Crippen LogP contribution in [0.25, 0.3) is 82.8 Å². The van der Waals surface area contributed by atoms with Gasteiger partial charge >= 0.3 is 0 Å². The summed E-state index contributed by atoms with van der Waals surface area (Å²) < 4.78 is 2.37. The Kier molecular flexibility index (Phi) is 10.1. The van der Waals surface area contributed by atoms with Crippen LogP contribution in [0.2, 0.25) is 0 Å². The van der Waals surface area contributed by atoms with E-state index in [1.165, 1.54) is 93.8 Å². The van der Waals surface area contributed by atoms with Gasteiger partial charge in [0.1, 0.15) is 0 Å². The molecular weight excluding hydrogens is 881 g/mol. The van der Waals surface area contributed by atoms with Gasteiger partial charge in [-0.15, -0.1) is 0 Å². The maximum Gasteiger partial charge on any atom is 0.0714 e. The number of aromatic nitrogens is 1. The first-order valence-corrected chi connectivity index (χ1v) is 25.2. The fourth-order valence-corrected chi connectivity index (χ4v) is 12.0. The average molecular weight is 929 g/mol. The highest BCUT2D eigenvalue weighted by Crippen LogP contribution is 2.59. The van der Waals surface area contributed by atoms with Crippen molar-refractivity contribution in [3.8, 4) is 50.2 Å². The highest BCUT2D eigenvalue weighted by molar-refractivity contribution is 6.10. The molecule has 1 aromatic heterocycles. The van der Waals surface area contributed by atoms with Gasteiger partial charge in [-0.05, 0) is 150 Å². The molecule has 0 amide bonds. The average Bonchev–Trinajstić information content (AvgIpc) is 3.97. The fourth-order valence-electron chi connectivity index (χ4n) is 12.0. The molecule has 0 saturated heterocycles. The van der Waals surface area contributed by atoms with Gasteiger partial charge in [0.15, 0.2) is 0 Å². The minimum atomic E-state index is -0.561. The Balaban J connectivity index is 0.901. The van der Waals surface area contributed by atoms with E-state index in [2.05, 4.69) is 301 Å². The largest absolute Gasteiger partial charge is 0.310 e. The van der Waals surface area contributed by atoms with Gasteiger partial charge in [0.25, 0.3) is 0 Å². The van der Waals surface area contributed by atoms with Gasteiger partial charge in [-0.1, -0.05) is 218 Å². The Morgan fingerprint density at radius 2 is 0.781 bits per heavy atom. The molecule has 0 radical (unpaired) electrons. The molecule has 0 saturated carbocycles. The van der Waals surface area contributed by atoms with E-state index in [0.717, 1.165) is 28.3 Å². The topological polar surface area (TPSA) is 8.17 Å². The maximum atomic E-state index is 2.47. The van der Waals surface area contributed by atoms with E-state index in [9.17, 15) is 0 Å². The number of anilines is 3. The highest BCUT2D eigenvalue weighted by Gasteiger charge is 2.47. The molecule has 0 aliphatic heterocycles. The molecule has 342 valence electrons. The zero-order valence-corrected chi connectivity index (χ0v) is 40.1. The first-order chi connectivity index (χ1) is 36.2. The number of nitrogens with zero attached hydrogens (tertiary/aromatic N) is 2. The molecule has 1 aliphatic carbocycles. The summed E-state index contributed by atoms with van der Waals surface area (Å²) in [5.41, 5.74) is 21.0. The minimum absolute atomic E-state index is 0.561. The molecule has 14 rings (SSSR count). The number of hydrogen-bond acceptors (Lipinski definition) is 1. The number of fused-ring (bicyclic) bond motifs is 8. The van der Waals surface area contributed by atoms with E-state index in [0.29, 0.717) is 0 Å². The molecule has 0 atom stereocenters. The lowest BCUT2D eigenvalue weighted by atomic mass is 9.67. The maximum absolute atomic E-state index is 2.47. The molecule has 1 aliphatic rings. The Morgan fingerprint density at radius 3 is 1.47 bits per heavy atom. The van der Waals surface area contributed by atoms with Crippen molar-refractivity contribution < 1.29 is 0 Å². The second kappa shape index (κ2) is 17.4. The van der Waals surface area contributed by atoms with Crippen LogP contribution in [0.4, 0.5) is 17.1 Å². The van der Waals surface area contributed by atoms with E-state index in [1.807, 2.05) is 0 Å². The second-order valence-electron chi connectivity index (χ2n) is 19.2. The second-order valence-corrected chi connectivity index (χ2v) is 19.2. The van der Waals surface area contributed by atoms with Gasteiger partial charge in [-0.25, -0.2) is 0 Å². The minimum Gasteiger partial charge on any atom is -0.310 e. The quantitative estimate of drug-likeness (QED) is 0.140. The van der Waals surface area contributed by atoms with E-state index < -0.39 is 5.41 Å². The lowest BCUT2D eigenvalue weighted by Gasteiger charge is -2.35. The summed E-state index contributed by atoms with van der Waals surface area (Å²) in [4.78, 5) is 2.43. The van der Waals surface area contributed by atoms with Gasteiger partial charge in [0.2, 0.25) is 0 Å². The molecule has 1 heterocycles. The Hall–Kier alpha value is -9.50. The fraction of sp³-hybridized carbons (Fsp3) is 0.0141. The first kappa shape index (κ1) is 42.4. The zero-order valence-electron chi connectivity index (χ0n) is 40.1. The van der Waals surface area contributed by atoms with Crippen molar-refractivity contribution in [3.05, 3.63) is 313 Å². The first-order valence-electron chi connectivity index (χ1n) is 25.2. The highest BCUT2D eigenvalue weighted by atomic mass is 15.1. The summed E-state index contributed by atoms with van der Waals surface area (Å²) in [6, 6.07) is 107. The standard InChI is InChI=1S/C71H48N2/c1-5-18-49(19-6-1)50-32-38-59(39-33-50)72(61-42-43-64-67(48-61)71(56-23-7-2-8-24-56,57-25-9-3-10-26-57)66-44-36-52-20-13-14-29-62(52)70(64)66)60-40-34-51(35-41-60)53-21-17-22-54(46-53)55-37-45-69-65(47-55)63-30-15-16-31-68(63)73(69)58-27-11-4-12-28-58/h1-48H. The lowest BCUT2D eigenvalue weighted by Crippen LogP contribution is -2.28. The van der Waals surface area contributed by atoms with Crippen molar-refractivity contribution >= 4 is 49.6 Å². The summed E-state index contributed by atoms with van der Waals surface area (Å²) in [5.74, 6) is 0. The number of benzene rings is 12. The van der Waals surface area contributed by atoms with Crippen molar-refractivity contribution in [2.24, 2.45) is 0 Å². The van der Waals surface area contributed by atoms with Crippen LogP contribution in [-0.4, -0.2) is 4.57 Å². The van der Waals surface area contributed by atoms with Crippen LogP contribution in [-0.2, 0) is 5.41 Å². The molecule has 0 unspecified atom stereocenters. The van der Waals surface area contributed by atoms with Gasteiger partial charge in [0.05, 0.1) is 16.4 Å². The molecule has 0 N–H and O–H groups in total. The molecule has 12 aromatic carbocycles. The summed E-state index contributed by atoms with van der Waals surface area (Å²) in [6.45, 7) is 0. The molecular formula is C71H48N2. The van der Waals surface area contributed by atoms with Crippen LogP contribution in [0.5, 0.6) is 0 Å². The van der Waals surface area contributed by atoms with E-state index in [1.54, 1.807) is 0 Å². The Labute approximate surface area is 426 Å². The van der Waals surface area contributed by atoms with Crippen LogP contribution in [0.15, 0.2) is 291 Å². The van der Waals surface area contributed by atoms with E-state index in [-0.39, 0.29) is 0 Å². The van der Waals surface area contributed by atoms with Crippen LogP contribution < -0.4 is 4.90 Å². The van der Waals surface area contributed by atoms with Crippen molar-refractivity contribution in [2.75, 3.05) is 4.90 Å². The van der Waals surface area contributed by atoms with Crippen molar-refractivity contribution in [2.45, 2.75) is 5.41 Å². The lowest BCUT2D eigenvalue weighted by molar-refractivity contribution is 0.769. The van der Waals surface area contributed by atoms with Crippen molar-refractivity contribution in [1.29, 1.82) is 0 Å². The van der Waals surface area contributed by atoms with Gasteiger partial charge < -0.3 is 9.47 Å². The predicted molar refractivity (Wildman–Crippen MR) is 307 cm³/mol. The monoisotopic (exact) mass is 928 g/mol. The number of rotatable bonds is 9. The third-order valence-corrected chi connectivity index (χ3v) is 15.3. The number of hydrogen-bond donors (Lipinski definition) is 0. The third kappa shape index (κ3) is 6.94. The van der Waals surface area contributed by atoms with E-state index in [4.69, 9.17) is 0 Å². The molecule has 73 heavy (non-hydrogen) atoms. The van der Waals surface area contributed by atoms with Crippen molar-refractivity contribution in [3.63, 3.8) is 0 Å². The van der Waals surface area contributed by atoms with Gasteiger partial charge in [0, 0.05) is 33.5 Å². The predicted octanol–water partition coefficient (Wildman–Crippen LogP) is 18.8. The molecule has 0 fully saturated rings. The third-order valence-electron chi connectivity index (χ3n) is 15.3. The normalized spacial score (nSPS) is 12.5. The molecule has 2 nitrogen and oxygen atoms in total. The van der Waals surface area contributed by atoms with Gasteiger partial charge in [-0.3, -0.25) is 0 Å². The summed E-state index contributed by atoms with van der Waals surface area (Å²) >= 11 is 0. The Bertz CT molecular complexity index is 4120. The van der Waals surface area contributed by atoms with Gasteiger partial charge in [-0.2, -0.15) is 0 Å². The summed E-state index contributed by atoms with van der Waals surface area (Å²) in [6.07, 6.45) is 0.